The third-order valence-corrected chi connectivity index (χ3v) is 2.80. The molecule has 0 radical (unpaired) electrons. The van der Waals surface area contributed by atoms with Gasteiger partial charge in [-0.15, -0.1) is 0 Å². The molecule has 1 aromatic rings. The molecule has 88 valence electrons. The fourth-order valence-electron chi connectivity index (χ4n) is 1.93. The van der Waals surface area contributed by atoms with Crippen LogP contribution in [0.1, 0.15) is 13.8 Å². The first-order chi connectivity index (χ1) is 7.76. The monoisotopic (exact) mass is 222 g/mol. The highest BCUT2D eigenvalue weighted by molar-refractivity contribution is 5.73. The normalized spacial score (nSPS) is 13.6. The Kier molecular flexibility index (Phi) is 3.08. The Labute approximate surface area is 95.9 Å². The highest BCUT2D eigenvalue weighted by atomic mass is 16.6. The van der Waals surface area contributed by atoms with Crippen LogP contribution in [-0.4, -0.2) is 26.3 Å². The van der Waals surface area contributed by atoms with E-state index in [-0.39, 0.29) is 0 Å². The van der Waals surface area contributed by atoms with E-state index in [1.807, 2.05) is 12.1 Å². The standard InChI is InChI=1S/C12H18N2O2/c1-3-14(4-2)10-8-12-11(7-9(10)13)15-5-6-16-12/h7-8H,3-6,13H2,1-2H3. The van der Waals surface area contributed by atoms with Crippen molar-refractivity contribution in [3.8, 4) is 11.5 Å². The third-order valence-electron chi connectivity index (χ3n) is 2.80. The van der Waals surface area contributed by atoms with Crippen LogP contribution in [0.15, 0.2) is 12.1 Å². The molecule has 2 N–H and O–H groups in total. The fraction of sp³-hybridized carbons (Fsp3) is 0.500. The van der Waals surface area contributed by atoms with Gasteiger partial charge in [0.15, 0.2) is 11.5 Å². The molecule has 0 bridgehead atoms. The van der Waals surface area contributed by atoms with Gasteiger partial charge in [-0.25, -0.2) is 0 Å². The zero-order valence-corrected chi connectivity index (χ0v) is 9.82. The van der Waals surface area contributed by atoms with Gasteiger partial charge in [0.2, 0.25) is 0 Å². The molecule has 0 aliphatic carbocycles. The first-order valence-electron chi connectivity index (χ1n) is 5.70. The van der Waals surface area contributed by atoms with Crippen molar-refractivity contribution in [2.45, 2.75) is 13.8 Å². The lowest BCUT2D eigenvalue weighted by Crippen LogP contribution is -2.24. The van der Waals surface area contributed by atoms with E-state index >= 15 is 0 Å². The Bertz CT molecular complexity index is 376. The van der Waals surface area contributed by atoms with Crippen LogP contribution in [0, 0.1) is 0 Å². The Hall–Kier alpha value is -1.58. The highest BCUT2D eigenvalue weighted by Crippen LogP contribution is 2.38. The van der Waals surface area contributed by atoms with E-state index in [1.165, 1.54) is 0 Å². The minimum atomic E-state index is 0.594. The molecule has 0 aromatic heterocycles. The lowest BCUT2D eigenvalue weighted by Gasteiger charge is -2.26. The van der Waals surface area contributed by atoms with E-state index < -0.39 is 0 Å². The van der Waals surface area contributed by atoms with Gasteiger partial charge in [0, 0.05) is 25.2 Å². The third kappa shape index (κ3) is 1.87. The number of nitrogen functional groups attached to an aromatic ring is 1. The Morgan fingerprint density at radius 3 is 2.25 bits per heavy atom. The molecule has 1 aromatic carbocycles. The molecule has 1 aliphatic heterocycles. The summed E-state index contributed by atoms with van der Waals surface area (Å²) >= 11 is 0. The zero-order chi connectivity index (χ0) is 11.5. The minimum absolute atomic E-state index is 0.594. The average molecular weight is 222 g/mol. The van der Waals surface area contributed by atoms with Crippen LogP contribution in [0.4, 0.5) is 11.4 Å². The summed E-state index contributed by atoms with van der Waals surface area (Å²) in [6, 6.07) is 3.82. The Morgan fingerprint density at radius 1 is 1.12 bits per heavy atom. The fourth-order valence-corrected chi connectivity index (χ4v) is 1.93. The van der Waals surface area contributed by atoms with E-state index in [0.29, 0.717) is 13.2 Å². The van der Waals surface area contributed by atoms with E-state index in [0.717, 1.165) is 36.0 Å². The summed E-state index contributed by atoms with van der Waals surface area (Å²) in [5.41, 5.74) is 7.79. The number of rotatable bonds is 3. The Morgan fingerprint density at radius 2 is 1.69 bits per heavy atom. The molecule has 0 amide bonds. The van der Waals surface area contributed by atoms with Crippen molar-refractivity contribution >= 4 is 11.4 Å². The van der Waals surface area contributed by atoms with Crippen LogP contribution in [0.3, 0.4) is 0 Å². The van der Waals surface area contributed by atoms with Crippen molar-refractivity contribution in [2.75, 3.05) is 36.9 Å². The van der Waals surface area contributed by atoms with Crippen molar-refractivity contribution in [1.29, 1.82) is 0 Å². The van der Waals surface area contributed by atoms with Gasteiger partial charge in [-0.1, -0.05) is 0 Å². The molecule has 0 spiro atoms. The lowest BCUT2D eigenvalue weighted by atomic mass is 10.2. The summed E-state index contributed by atoms with van der Waals surface area (Å²) < 4.78 is 11.0. The van der Waals surface area contributed by atoms with Crippen LogP contribution in [-0.2, 0) is 0 Å². The van der Waals surface area contributed by atoms with Gasteiger partial charge in [0.1, 0.15) is 13.2 Å². The van der Waals surface area contributed by atoms with E-state index in [2.05, 4.69) is 18.7 Å². The first-order valence-corrected chi connectivity index (χ1v) is 5.70. The number of ether oxygens (including phenoxy) is 2. The smallest absolute Gasteiger partial charge is 0.163 e. The van der Waals surface area contributed by atoms with E-state index in [9.17, 15) is 0 Å². The SMILES string of the molecule is CCN(CC)c1cc2c(cc1N)OCCO2. The van der Waals surface area contributed by atoms with E-state index in [1.54, 1.807) is 0 Å². The molecule has 1 aliphatic rings. The second-order valence-electron chi connectivity index (χ2n) is 3.73. The van der Waals surface area contributed by atoms with Gasteiger partial charge in [-0.2, -0.15) is 0 Å². The quantitative estimate of drug-likeness (QED) is 0.793. The maximum absolute atomic E-state index is 6.02. The van der Waals surface area contributed by atoms with Crippen molar-refractivity contribution in [1.82, 2.24) is 0 Å². The van der Waals surface area contributed by atoms with Crippen LogP contribution < -0.4 is 20.1 Å². The second kappa shape index (κ2) is 4.51. The van der Waals surface area contributed by atoms with Gasteiger partial charge in [-0.3, -0.25) is 0 Å². The zero-order valence-electron chi connectivity index (χ0n) is 9.82. The first kappa shape index (κ1) is 10.9. The topological polar surface area (TPSA) is 47.7 Å². The number of hydrogen-bond donors (Lipinski definition) is 1. The molecule has 0 fully saturated rings. The molecule has 0 saturated heterocycles. The predicted molar refractivity (Wildman–Crippen MR) is 65.4 cm³/mol. The lowest BCUT2D eigenvalue weighted by molar-refractivity contribution is 0.172. The van der Waals surface area contributed by atoms with Gasteiger partial charge in [-0.05, 0) is 13.8 Å². The number of hydrogen-bond acceptors (Lipinski definition) is 4. The molecule has 0 atom stereocenters. The summed E-state index contributed by atoms with van der Waals surface area (Å²) in [5.74, 6) is 1.54. The molecule has 2 rings (SSSR count). The number of nitrogens with two attached hydrogens (primary N) is 1. The molecule has 4 heteroatoms. The predicted octanol–water partition coefficient (Wildman–Crippen LogP) is 1.89. The van der Waals surface area contributed by atoms with Crippen molar-refractivity contribution in [3.63, 3.8) is 0 Å². The van der Waals surface area contributed by atoms with Crippen LogP contribution in [0.2, 0.25) is 0 Å². The summed E-state index contributed by atoms with van der Waals surface area (Å²) in [6.07, 6.45) is 0. The van der Waals surface area contributed by atoms with Gasteiger partial charge in [0.05, 0.1) is 11.4 Å². The molecule has 4 nitrogen and oxygen atoms in total. The van der Waals surface area contributed by atoms with Gasteiger partial charge >= 0.3 is 0 Å². The number of benzene rings is 1. The molecule has 0 unspecified atom stereocenters. The number of nitrogens with zero attached hydrogens (tertiary/aromatic N) is 1. The molecular weight excluding hydrogens is 204 g/mol. The molecular formula is C12H18N2O2. The number of fused-ring (bicyclic) bond motifs is 1. The summed E-state index contributed by atoms with van der Waals surface area (Å²) in [7, 11) is 0. The van der Waals surface area contributed by atoms with Gasteiger partial charge in [0.25, 0.3) is 0 Å². The number of anilines is 2. The van der Waals surface area contributed by atoms with Crippen LogP contribution in [0.5, 0.6) is 11.5 Å². The van der Waals surface area contributed by atoms with Crippen molar-refractivity contribution in [3.05, 3.63) is 12.1 Å². The van der Waals surface area contributed by atoms with E-state index in [4.69, 9.17) is 15.2 Å². The summed E-state index contributed by atoms with van der Waals surface area (Å²) in [6.45, 7) is 7.28. The minimum Gasteiger partial charge on any atom is -0.486 e. The van der Waals surface area contributed by atoms with Crippen molar-refractivity contribution < 1.29 is 9.47 Å². The van der Waals surface area contributed by atoms with Crippen LogP contribution >= 0.6 is 0 Å². The molecule has 0 saturated carbocycles. The second-order valence-corrected chi connectivity index (χ2v) is 3.73. The molecule has 16 heavy (non-hydrogen) atoms. The summed E-state index contributed by atoms with van der Waals surface area (Å²) in [5, 5.41) is 0. The van der Waals surface area contributed by atoms with Gasteiger partial charge < -0.3 is 20.1 Å². The largest absolute Gasteiger partial charge is 0.486 e. The van der Waals surface area contributed by atoms with Crippen LogP contribution in [0.25, 0.3) is 0 Å². The van der Waals surface area contributed by atoms with Crippen molar-refractivity contribution in [2.24, 2.45) is 0 Å². The summed E-state index contributed by atoms with van der Waals surface area (Å²) in [4.78, 5) is 2.20. The maximum atomic E-state index is 6.02. The average Bonchev–Trinajstić information content (AvgIpc) is 2.31. The maximum Gasteiger partial charge on any atom is 0.163 e. The highest BCUT2D eigenvalue weighted by Gasteiger charge is 2.16. The Balaban J connectivity index is 2.38. The molecule has 1 heterocycles.